The fourth-order valence-electron chi connectivity index (χ4n) is 1.70. The lowest BCUT2D eigenvalue weighted by Gasteiger charge is -2.25. The van der Waals surface area contributed by atoms with Crippen LogP contribution in [0.1, 0.15) is 31.5 Å². The Bertz CT molecular complexity index is 485. The van der Waals surface area contributed by atoms with Gasteiger partial charge in [0.1, 0.15) is 10.8 Å². The van der Waals surface area contributed by atoms with E-state index < -0.39 is 5.54 Å². The Balaban J connectivity index is 2.97. The zero-order chi connectivity index (χ0) is 13.9. The highest BCUT2D eigenvalue weighted by Gasteiger charge is 2.21. The van der Waals surface area contributed by atoms with Crippen molar-refractivity contribution in [3.8, 4) is 0 Å². The number of carbonyl (C=O) groups is 1. The number of nitrogens with two attached hydrogens (primary N) is 2. The van der Waals surface area contributed by atoms with Crippen molar-refractivity contribution < 1.29 is 4.79 Å². The molecule has 0 aliphatic rings. The van der Waals surface area contributed by atoms with Crippen LogP contribution in [0.15, 0.2) is 12.1 Å². The number of aryl methyl sites for hydroxylation is 1. The quantitative estimate of drug-likeness (QED) is 0.694. The maximum Gasteiger partial charge on any atom is 0.219 e. The summed E-state index contributed by atoms with van der Waals surface area (Å²) in [5.74, 6) is 0.263. The number of amides is 1. The molecule has 0 radical (unpaired) electrons. The van der Waals surface area contributed by atoms with Crippen molar-refractivity contribution in [1.29, 1.82) is 0 Å². The van der Waals surface area contributed by atoms with Gasteiger partial charge in [0, 0.05) is 23.2 Å². The van der Waals surface area contributed by atoms with E-state index in [9.17, 15) is 4.79 Å². The van der Waals surface area contributed by atoms with Crippen LogP contribution >= 0.6 is 12.2 Å². The first-order valence-corrected chi connectivity index (χ1v) is 5.95. The third kappa shape index (κ3) is 4.29. The van der Waals surface area contributed by atoms with Gasteiger partial charge in [-0.1, -0.05) is 12.2 Å². The molecule has 0 unspecified atom stereocenters. The number of nitrogens with zero attached hydrogens (tertiary/aromatic N) is 1. The van der Waals surface area contributed by atoms with Crippen LogP contribution in [0.2, 0.25) is 0 Å². The number of pyridine rings is 1. The lowest BCUT2D eigenvalue weighted by Crippen LogP contribution is -2.36. The van der Waals surface area contributed by atoms with E-state index in [0.717, 1.165) is 11.3 Å². The number of rotatable bonds is 5. The molecule has 1 heterocycles. The monoisotopic (exact) mass is 266 g/mol. The minimum atomic E-state index is -0.472. The van der Waals surface area contributed by atoms with Gasteiger partial charge in [-0.15, -0.1) is 0 Å². The van der Waals surface area contributed by atoms with Gasteiger partial charge in [0.2, 0.25) is 5.91 Å². The molecule has 0 bridgehead atoms. The summed E-state index contributed by atoms with van der Waals surface area (Å²) in [5.41, 5.74) is 11.9. The van der Waals surface area contributed by atoms with E-state index in [1.165, 1.54) is 0 Å². The second kappa shape index (κ2) is 5.30. The van der Waals surface area contributed by atoms with Crippen LogP contribution in [-0.2, 0) is 4.79 Å². The van der Waals surface area contributed by atoms with Gasteiger partial charge >= 0.3 is 0 Å². The van der Waals surface area contributed by atoms with Gasteiger partial charge < -0.3 is 16.8 Å². The summed E-state index contributed by atoms with van der Waals surface area (Å²) in [4.78, 5) is 15.6. The number of hydrogen-bond acceptors (Lipinski definition) is 4. The smallest absolute Gasteiger partial charge is 0.219 e. The summed E-state index contributed by atoms with van der Waals surface area (Å²) in [6.45, 7) is 5.61. The zero-order valence-electron chi connectivity index (χ0n) is 10.8. The van der Waals surface area contributed by atoms with E-state index >= 15 is 0 Å². The fraction of sp³-hybridized carbons (Fsp3) is 0.417. The Labute approximate surface area is 112 Å². The SMILES string of the molecule is Cc1cc(C(N)=S)cc(NC(C)(C)CC(N)=O)n1. The molecule has 1 rings (SSSR count). The number of nitrogens with one attached hydrogen (secondary N) is 1. The lowest BCUT2D eigenvalue weighted by molar-refractivity contribution is -0.118. The molecule has 18 heavy (non-hydrogen) atoms. The second-order valence-electron chi connectivity index (χ2n) is 4.90. The molecule has 5 N–H and O–H groups in total. The van der Waals surface area contributed by atoms with Crippen LogP contribution in [0, 0.1) is 6.92 Å². The van der Waals surface area contributed by atoms with Crippen LogP contribution < -0.4 is 16.8 Å². The third-order valence-corrected chi connectivity index (χ3v) is 2.56. The zero-order valence-corrected chi connectivity index (χ0v) is 11.6. The molecule has 0 aliphatic heterocycles. The number of carbonyl (C=O) groups excluding carboxylic acids is 1. The van der Waals surface area contributed by atoms with Crippen molar-refractivity contribution in [2.75, 3.05) is 5.32 Å². The first-order chi connectivity index (χ1) is 8.19. The van der Waals surface area contributed by atoms with Gasteiger partial charge in [-0.2, -0.15) is 0 Å². The highest BCUT2D eigenvalue weighted by Crippen LogP contribution is 2.18. The maximum absolute atomic E-state index is 11.0. The van der Waals surface area contributed by atoms with Crippen LogP contribution in [0.3, 0.4) is 0 Å². The average Bonchev–Trinajstić information content (AvgIpc) is 2.12. The molecule has 0 saturated heterocycles. The Morgan fingerprint density at radius 3 is 2.56 bits per heavy atom. The minimum Gasteiger partial charge on any atom is -0.389 e. The van der Waals surface area contributed by atoms with E-state index in [1.807, 2.05) is 26.8 Å². The standard InChI is InChI=1S/C12H18N4OS/c1-7-4-8(11(14)18)5-10(15-7)16-12(2,3)6-9(13)17/h4-5H,6H2,1-3H3,(H2,13,17)(H2,14,18)(H,15,16). The first-order valence-electron chi connectivity index (χ1n) is 5.54. The van der Waals surface area contributed by atoms with Crippen molar-refractivity contribution in [2.45, 2.75) is 32.7 Å². The molecule has 1 amide bonds. The molecule has 98 valence electrons. The van der Waals surface area contributed by atoms with Crippen molar-refractivity contribution in [2.24, 2.45) is 11.5 Å². The molecule has 0 atom stereocenters. The topological polar surface area (TPSA) is 94.0 Å². The van der Waals surface area contributed by atoms with Gasteiger partial charge in [0.15, 0.2) is 0 Å². The fourth-order valence-corrected chi connectivity index (χ4v) is 1.82. The Hall–Kier alpha value is -1.69. The largest absolute Gasteiger partial charge is 0.389 e. The molecular weight excluding hydrogens is 248 g/mol. The summed E-state index contributed by atoms with van der Waals surface area (Å²) in [6, 6.07) is 3.58. The van der Waals surface area contributed by atoms with Gasteiger partial charge in [0.25, 0.3) is 0 Å². The van der Waals surface area contributed by atoms with Crippen LogP contribution in [0.25, 0.3) is 0 Å². The van der Waals surface area contributed by atoms with Crippen molar-refractivity contribution in [1.82, 2.24) is 4.98 Å². The molecule has 5 nitrogen and oxygen atoms in total. The molecular formula is C12H18N4OS. The van der Waals surface area contributed by atoms with E-state index in [1.54, 1.807) is 6.07 Å². The van der Waals surface area contributed by atoms with E-state index in [2.05, 4.69) is 10.3 Å². The predicted octanol–water partition coefficient (Wildman–Crippen LogP) is 1.09. The van der Waals surface area contributed by atoms with Crippen LogP contribution in [0.4, 0.5) is 5.82 Å². The van der Waals surface area contributed by atoms with Crippen LogP contribution in [-0.4, -0.2) is 21.4 Å². The van der Waals surface area contributed by atoms with Crippen LogP contribution in [0.5, 0.6) is 0 Å². The van der Waals surface area contributed by atoms with E-state index in [0.29, 0.717) is 10.8 Å². The summed E-state index contributed by atoms with van der Waals surface area (Å²) in [6.07, 6.45) is 0.213. The second-order valence-corrected chi connectivity index (χ2v) is 5.34. The van der Waals surface area contributed by atoms with E-state index in [4.69, 9.17) is 23.7 Å². The molecule has 1 aromatic heterocycles. The summed E-state index contributed by atoms with van der Waals surface area (Å²) in [5, 5.41) is 3.16. The lowest BCUT2D eigenvalue weighted by atomic mass is 10.0. The molecule has 0 aliphatic carbocycles. The molecule has 6 heteroatoms. The molecule has 0 spiro atoms. The normalized spacial score (nSPS) is 11.1. The highest BCUT2D eigenvalue weighted by atomic mass is 32.1. The Kier molecular flexibility index (Phi) is 4.24. The third-order valence-electron chi connectivity index (χ3n) is 2.32. The van der Waals surface area contributed by atoms with Crippen molar-refractivity contribution >= 4 is 28.9 Å². The molecule has 0 saturated carbocycles. The van der Waals surface area contributed by atoms with Crippen molar-refractivity contribution in [3.63, 3.8) is 0 Å². The summed E-state index contributed by atoms with van der Waals surface area (Å²) >= 11 is 4.94. The molecule has 0 fully saturated rings. The van der Waals surface area contributed by atoms with Crippen molar-refractivity contribution in [3.05, 3.63) is 23.4 Å². The highest BCUT2D eigenvalue weighted by molar-refractivity contribution is 7.80. The predicted molar refractivity (Wildman–Crippen MR) is 76.4 cm³/mol. The average molecular weight is 266 g/mol. The van der Waals surface area contributed by atoms with Gasteiger partial charge in [-0.05, 0) is 32.9 Å². The maximum atomic E-state index is 11.0. The summed E-state index contributed by atoms with van der Waals surface area (Å²) < 4.78 is 0. The van der Waals surface area contributed by atoms with E-state index in [-0.39, 0.29) is 12.3 Å². The number of thiocarbonyl (C=S) groups is 1. The molecule has 1 aromatic rings. The Morgan fingerprint density at radius 2 is 2.06 bits per heavy atom. The number of anilines is 1. The molecule has 0 aromatic carbocycles. The number of hydrogen-bond donors (Lipinski definition) is 3. The summed E-state index contributed by atoms with van der Waals surface area (Å²) in [7, 11) is 0. The number of primary amides is 1. The van der Waals surface area contributed by atoms with Gasteiger partial charge in [-0.25, -0.2) is 4.98 Å². The number of aromatic nitrogens is 1. The Morgan fingerprint density at radius 1 is 1.44 bits per heavy atom. The minimum absolute atomic E-state index is 0.213. The first kappa shape index (κ1) is 14.4. The van der Waals surface area contributed by atoms with Gasteiger partial charge in [0.05, 0.1) is 0 Å². The van der Waals surface area contributed by atoms with Gasteiger partial charge in [-0.3, -0.25) is 4.79 Å².